The van der Waals surface area contributed by atoms with Crippen LogP contribution < -0.4 is 10.1 Å². The number of hydrogen-bond acceptors (Lipinski definition) is 7. The first-order valence-corrected chi connectivity index (χ1v) is 7.59. The number of ether oxygens (including phenoxy) is 2. The van der Waals surface area contributed by atoms with Crippen LogP contribution in [0.3, 0.4) is 0 Å². The van der Waals surface area contributed by atoms with Gasteiger partial charge in [-0.1, -0.05) is 6.07 Å². The fourth-order valence-corrected chi connectivity index (χ4v) is 2.19. The molecule has 0 heterocycles. The van der Waals surface area contributed by atoms with Crippen LogP contribution in [0.4, 0.5) is 15.8 Å². The van der Waals surface area contributed by atoms with E-state index in [0.717, 1.165) is 6.07 Å². The van der Waals surface area contributed by atoms with Crippen molar-refractivity contribution in [1.29, 1.82) is 0 Å². The molecule has 0 saturated heterocycles. The molecule has 0 aliphatic rings. The molecule has 138 valence electrons. The summed E-state index contributed by atoms with van der Waals surface area (Å²) in [6, 6.07) is 7.78. The number of aliphatic hydroxyl groups excluding tert-OH is 1. The van der Waals surface area contributed by atoms with Gasteiger partial charge in [-0.3, -0.25) is 10.1 Å². The maximum atomic E-state index is 13.7. The van der Waals surface area contributed by atoms with Gasteiger partial charge in [0.15, 0.2) is 11.6 Å². The number of anilines is 1. The Morgan fingerprint density at radius 1 is 1.31 bits per heavy atom. The van der Waals surface area contributed by atoms with E-state index in [2.05, 4.69) is 5.32 Å². The molecule has 26 heavy (non-hydrogen) atoms. The topological polar surface area (TPSA) is 111 Å². The molecule has 0 atom stereocenters. The van der Waals surface area contributed by atoms with Crippen molar-refractivity contribution in [2.24, 2.45) is 0 Å². The second-order valence-corrected chi connectivity index (χ2v) is 5.18. The van der Waals surface area contributed by atoms with Crippen molar-refractivity contribution in [3.8, 4) is 5.75 Å². The van der Waals surface area contributed by atoms with E-state index < -0.39 is 16.7 Å². The number of nitrogens with one attached hydrogen (secondary N) is 1. The highest BCUT2D eigenvalue weighted by Crippen LogP contribution is 2.24. The molecule has 0 radical (unpaired) electrons. The van der Waals surface area contributed by atoms with Gasteiger partial charge in [-0.05, 0) is 23.8 Å². The first-order chi connectivity index (χ1) is 12.5. The molecule has 8 nitrogen and oxygen atoms in total. The average molecular weight is 364 g/mol. The minimum atomic E-state index is -0.814. The lowest BCUT2D eigenvalue weighted by Gasteiger charge is -2.11. The second kappa shape index (κ2) is 8.77. The van der Waals surface area contributed by atoms with Crippen molar-refractivity contribution in [2.45, 2.75) is 6.61 Å². The molecule has 0 fully saturated rings. The minimum Gasteiger partial charge on any atom is -0.494 e. The van der Waals surface area contributed by atoms with E-state index in [1.807, 2.05) is 0 Å². The predicted octanol–water partition coefficient (Wildman–Crippen LogP) is 2.50. The Morgan fingerprint density at radius 2 is 2.08 bits per heavy atom. The Labute approximate surface area is 148 Å². The van der Waals surface area contributed by atoms with Crippen molar-refractivity contribution in [2.75, 3.05) is 25.6 Å². The van der Waals surface area contributed by atoms with Gasteiger partial charge in [-0.15, -0.1) is 0 Å². The molecule has 2 aromatic carbocycles. The lowest BCUT2D eigenvalue weighted by atomic mass is 10.1. The summed E-state index contributed by atoms with van der Waals surface area (Å²) in [6.45, 7) is -0.250. The molecule has 0 unspecified atom stereocenters. The highest BCUT2D eigenvalue weighted by atomic mass is 19.1. The standard InChI is InChI=1S/C17H17FN2O6/c1-25-16-5-2-11(8-14(16)18)10-26-17(22)13-9-12(20(23)24)3-4-15(13)19-6-7-21/h2-5,8-9,19,21H,6-7,10H2,1H3. The third kappa shape index (κ3) is 4.67. The minimum absolute atomic E-state index is 0.0540. The molecule has 0 amide bonds. The summed E-state index contributed by atoms with van der Waals surface area (Å²) < 4.78 is 23.6. The predicted molar refractivity (Wildman–Crippen MR) is 90.7 cm³/mol. The summed E-state index contributed by atoms with van der Waals surface area (Å²) in [4.78, 5) is 22.6. The number of aliphatic hydroxyl groups is 1. The van der Waals surface area contributed by atoms with E-state index in [-0.39, 0.29) is 42.4 Å². The van der Waals surface area contributed by atoms with Crippen LogP contribution in [0.5, 0.6) is 5.75 Å². The summed E-state index contributed by atoms with van der Waals surface area (Å²) in [5.41, 5.74) is 0.353. The molecule has 0 spiro atoms. The molecular weight excluding hydrogens is 347 g/mol. The van der Waals surface area contributed by atoms with E-state index in [4.69, 9.17) is 14.6 Å². The molecule has 0 saturated carbocycles. The van der Waals surface area contributed by atoms with Gasteiger partial charge in [0.05, 0.1) is 24.2 Å². The Hall–Kier alpha value is -3.20. The largest absolute Gasteiger partial charge is 0.494 e. The smallest absolute Gasteiger partial charge is 0.340 e. The molecule has 2 aromatic rings. The third-order valence-corrected chi connectivity index (χ3v) is 3.45. The van der Waals surface area contributed by atoms with Crippen LogP contribution in [0.25, 0.3) is 0 Å². The van der Waals surface area contributed by atoms with Crippen LogP contribution in [-0.2, 0) is 11.3 Å². The van der Waals surface area contributed by atoms with E-state index >= 15 is 0 Å². The summed E-state index contributed by atoms with van der Waals surface area (Å²) in [5, 5.41) is 22.6. The first kappa shape index (κ1) is 19.1. The highest BCUT2D eigenvalue weighted by molar-refractivity contribution is 5.96. The lowest BCUT2D eigenvalue weighted by Crippen LogP contribution is -2.13. The second-order valence-electron chi connectivity index (χ2n) is 5.18. The molecule has 0 bridgehead atoms. The zero-order valence-corrected chi connectivity index (χ0v) is 13.9. The SMILES string of the molecule is COc1ccc(COC(=O)c2cc([N+](=O)[O-])ccc2NCCO)cc1F. The van der Waals surface area contributed by atoms with E-state index in [0.29, 0.717) is 5.56 Å². The number of benzene rings is 2. The Bertz CT molecular complexity index is 812. The van der Waals surface area contributed by atoms with Gasteiger partial charge in [-0.25, -0.2) is 9.18 Å². The van der Waals surface area contributed by atoms with Gasteiger partial charge in [0.25, 0.3) is 5.69 Å². The number of carbonyl (C=O) groups is 1. The third-order valence-electron chi connectivity index (χ3n) is 3.45. The number of halogens is 1. The van der Waals surface area contributed by atoms with Crippen molar-refractivity contribution < 1.29 is 28.7 Å². The number of carbonyl (C=O) groups excluding carboxylic acids is 1. The molecule has 0 aromatic heterocycles. The van der Waals surface area contributed by atoms with Crippen molar-refractivity contribution in [3.05, 3.63) is 63.5 Å². The quantitative estimate of drug-likeness (QED) is 0.420. The number of hydrogen-bond donors (Lipinski definition) is 2. The monoisotopic (exact) mass is 364 g/mol. The van der Waals surface area contributed by atoms with Crippen molar-refractivity contribution >= 4 is 17.3 Å². The van der Waals surface area contributed by atoms with Crippen molar-refractivity contribution in [1.82, 2.24) is 0 Å². The maximum absolute atomic E-state index is 13.7. The van der Waals surface area contributed by atoms with Crippen LogP contribution in [0, 0.1) is 15.9 Å². The van der Waals surface area contributed by atoms with Gasteiger partial charge in [0.1, 0.15) is 6.61 Å². The fourth-order valence-electron chi connectivity index (χ4n) is 2.19. The Morgan fingerprint density at radius 3 is 2.69 bits per heavy atom. The molecule has 9 heteroatoms. The molecule has 0 aliphatic heterocycles. The first-order valence-electron chi connectivity index (χ1n) is 7.59. The number of nitro benzene ring substituents is 1. The molecule has 0 aliphatic carbocycles. The van der Waals surface area contributed by atoms with Gasteiger partial charge >= 0.3 is 5.97 Å². The zero-order valence-electron chi connectivity index (χ0n) is 13.9. The number of methoxy groups -OCH3 is 1. The van der Waals surface area contributed by atoms with Crippen LogP contribution in [0.2, 0.25) is 0 Å². The number of rotatable bonds is 8. The number of non-ortho nitro benzene ring substituents is 1. The van der Waals surface area contributed by atoms with Gasteiger partial charge < -0.3 is 19.9 Å². The Balaban J connectivity index is 2.17. The van der Waals surface area contributed by atoms with E-state index in [1.165, 1.54) is 37.4 Å². The zero-order chi connectivity index (χ0) is 19.1. The molecule has 2 rings (SSSR count). The maximum Gasteiger partial charge on any atom is 0.340 e. The summed E-state index contributed by atoms with van der Waals surface area (Å²) >= 11 is 0. The van der Waals surface area contributed by atoms with Gasteiger partial charge in [0, 0.05) is 24.4 Å². The van der Waals surface area contributed by atoms with Gasteiger partial charge in [-0.2, -0.15) is 0 Å². The summed E-state index contributed by atoms with van der Waals surface area (Å²) in [6.07, 6.45) is 0. The van der Waals surface area contributed by atoms with E-state index in [1.54, 1.807) is 0 Å². The normalized spacial score (nSPS) is 10.3. The number of nitro groups is 1. The average Bonchev–Trinajstić information content (AvgIpc) is 2.64. The number of nitrogens with zero attached hydrogens (tertiary/aromatic N) is 1. The van der Waals surface area contributed by atoms with Crippen molar-refractivity contribution in [3.63, 3.8) is 0 Å². The highest BCUT2D eigenvalue weighted by Gasteiger charge is 2.18. The molecule has 2 N–H and O–H groups in total. The summed E-state index contributed by atoms with van der Waals surface area (Å²) in [5.74, 6) is -1.35. The molecular formula is C17H17FN2O6. The van der Waals surface area contributed by atoms with Gasteiger partial charge in [0.2, 0.25) is 0 Å². The summed E-state index contributed by atoms with van der Waals surface area (Å²) in [7, 11) is 1.33. The van der Waals surface area contributed by atoms with Crippen LogP contribution in [0.1, 0.15) is 15.9 Å². The van der Waals surface area contributed by atoms with E-state index in [9.17, 15) is 19.3 Å². The Kier molecular flexibility index (Phi) is 6.45. The van der Waals surface area contributed by atoms with Crippen LogP contribution >= 0.6 is 0 Å². The number of esters is 1. The lowest BCUT2D eigenvalue weighted by molar-refractivity contribution is -0.384. The van der Waals surface area contributed by atoms with Crippen LogP contribution in [-0.4, -0.2) is 36.3 Å². The van der Waals surface area contributed by atoms with Crippen LogP contribution in [0.15, 0.2) is 36.4 Å². The fraction of sp³-hybridized carbons (Fsp3) is 0.235.